The number of pyridine rings is 2. The van der Waals surface area contributed by atoms with E-state index in [1.165, 1.54) is 12.8 Å². The largest absolute Gasteiger partial charge is 0.323 e. The van der Waals surface area contributed by atoms with Crippen LogP contribution < -0.4 is 5.43 Å². The Morgan fingerprint density at radius 1 is 1.38 bits per heavy atom. The molecule has 0 spiro atoms. The van der Waals surface area contributed by atoms with E-state index < -0.39 is 0 Å². The van der Waals surface area contributed by atoms with Crippen molar-refractivity contribution < 1.29 is 0 Å². The van der Waals surface area contributed by atoms with Crippen LogP contribution in [0.25, 0.3) is 11.0 Å². The summed E-state index contributed by atoms with van der Waals surface area (Å²) in [5, 5.41) is 1.11. The quantitative estimate of drug-likeness (QED) is 0.824. The molecule has 0 atom stereocenters. The summed E-state index contributed by atoms with van der Waals surface area (Å²) >= 11 is 5.31. The molecule has 0 radical (unpaired) electrons. The molecular weight excluding hydrogens is 218 g/mol. The van der Waals surface area contributed by atoms with Crippen molar-refractivity contribution in [2.24, 2.45) is 5.92 Å². The molecule has 0 saturated heterocycles. The van der Waals surface area contributed by atoms with Crippen molar-refractivity contribution in [1.29, 1.82) is 0 Å². The van der Waals surface area contributed by atoms with Crippen LogP contribution in [0.1, 0.15) is 12.8 Å². The molecule has 3 rings (SSSR count). The number of aromatic nitrogens is 2. The Balaban J connectivity index is 2.04. The van der Waals surface area contributed by atoms with E-state index in [1.54, 1.807) is 6.20 Å². The lowest BCUT2D eigenvalue weighted by Crippen LogP contribution is -2.19. The van der Waals surface area contributed by atoms with Gasteiger partial charge in [0.25, 0.3) is 0 Å². The van der Waals surface area contributed by atoms with Crippen molar-refractivity contribution in [1.82, 2.24) is 9.66 Å². The summed E-state index contributed by atoms with van der Waals surface area (Å²) in [5.41, 5.74) is 4.28. The van der Waals surface area contributed by atoms with E-state index in [4.69, 9.17) is 12.2 Å². The second kappa shape index (κ2) is 3.87. The molecule has 0 amide bonds. The maximum atomic E-state index is 5.31. The maximum Gasteiger partial charge on any atom is 0.159 e. The summed E-state index contributed by atoms with van der Waals surface area (Å²) in [6.45, 7) is 0.990. The number of hydrogen-bond acceptors (Lipinski definition) is 3. The Morgan fingerprint density at radius 3 is 3.06 bits per heavy atom. The summed E-state index contributed by atoms with van der Waals surface area (Å²) in [4.78, 5) is 4.37. The van der Waals surface area contributed by atoms with Crippen LogP contribution in [0.15, 0.2) is 30.5 Å². The second-order valence-electron chi connectivity index (χ2n) is 4.23. The maximum absolute atomic E-state index is 5.31. The summed E-state index contributed by atoms with van der Waals surface area (Å²) in [5.74, 6) is 0.820. The Bertz CT molecular complexity index is 572. The molecule has 0 aliphatic heterocycles. The van der Waals surface area contributed by atoms with Gasteiger partial charge in [0.05, 0.1) is 0 Å². The molecule has 0 bridgehead atoms. The highest BCUT2D eigenvalue weighted by molar-refractivity contribution is 7.71. The Morgan fingerprint density at radius 2 is 2.25 bits per heavy atom. The minimum atomic E-state index is 0.784. The van der Waals surface area contributed by atoms with Crippen LogP contribution in [0.3, 0.4) is 0 Å². The number of hydrogen-bond donors (Lipinski definition) is 1. The smallest absolute Gasteiger partial charge is 0.159 e. The number of fused-ring (bicyclic) bond motifs is 1. The van der Waals surface area contributed by atoms with Crippen LogP contribution in [0.4, 0.5) is 0 Å². The topological polar surface area (TPSA) is 29.9 Å². The van der Waals surface area contributed by atoms with E-state index in [1.807, 2.05) is 28.9 Å². The van der Waals surface area contributed by atoms with Gasteiger partial charge in [0, 0.05) is 18.1 Å². The van der Waals surface area contributed by atoms with Gasteiger partial charge < -0.3 is 5.43 Å². The minimum absolute atomic E-state index is 0.784. The predicted octanol–water partition coefficient (Wildman–Crippen LogP) is 2.72. The highest BCUT2D eigenvalue weighted by atomic mass is 32.1. The van der Waals surface area contributed by atoms with Crippen molar-refractivity contribution in [3.05, 3.63) is 35.1 Å². The van der Waals surface area contributed by atoms with Gasteiger partial charge >= 0.3 is 0 Å². The van der Waals surface area contributed by atoms with Crippen molar-refractivity contribution in [3.8, 4) is 0 Å². The molecule has 1 aliphatic rings. The normalized spacial score (nSPS) is 15.2. The van der Waals surface area contributed by atoms with E-state index in [9.17, 15) is 0 Å². The second-order valence-corrected chi connectivity index (χ2v) is 4.65. The van der Waals surface area contributed by atoms with Gasteiger partial charge in [-0.25, -0.2) is 9.66 Å². The average molecular weight is 231 g/mol. The molecule has 2 aromatic rings. The Labute approximate surface area is 99.1 Å². The first-order valence-electron chi connectivity index (χ1n) is 5.55. The molecule has 2 aromatic heterocycles. The monoisotopic (exact) mass is 231 g/mol. The molecule has 0 unspecified atom stereocenters. The zero-order valence-corrected chi connectivity index (χ0v) is 9.70. The first-order chi connectivity index (χ1) is 7.84. The molecule has 1 N–H and O–H groups in total. The minimum Gasteiger partial charge on any atom is -0.323 e. The standard InChI is InChI=1S/C12H13N3S/c16-11-6-5-10-2-1-7-13-12(10)15(11)14-8-9-3-4-9/h1-2,5-7,9,14H,3-4,8H2. The fraction of sp³-hybridized carbons (Fsp3) is 0.333. The zero-order chi connectivity index (χ0) is 11.0. The van der Waals surface area contributed by atoms with Gasteiger partial charge in [0.15, 0.2) is 5.65 Å². The Kier molecular flexibility index (Phi) is 2.36. The van der Waals surface area contributed by atoms with Crippen LogP contribution >= 0.6 is 12.2 Å². The fourth-order valence-electron chi connectivity index (χ4n) is 1.76. The van der Waals surface area contributed by atoms with Crippen molar-refractivity contribution in [3.63, 3.8) is 0 Å². The molecule has 16 heavy (non-hydrogen) atoms. The lowest BCUT2D eigenvalue weighted by Gasteiger charge is -2.12. The van der Waals surface area contributed by atoms with E-state index in [-0.39, 0.29) is 0 Å². The SMILES string of the molecule is S=c1ccc2cccnc2n1NCC1CC1. The van der Waals surface area contributed by atoms with E-state index in [0.29, 0.717) is 0 Å². The van der Waals surface area contributed by atoms with Crippen molar-refractivity contribution in [2.75, 3.05) is 12.0 Å². The first-order valence-corrected chi connectivity index (χ1v) is 5.96. The molecule has 2 heterocycles. The summed E-state index contributed by atoms with van der Waals surface area (Å²) in [6, 6.07) is 7.95. The predicted molar refractivity (Wildman–Crippen MR) is 67.5 cm³/mol. The lowest BCUT2D eigenvalue weighted by atomic mass is 10.3. The van der Waals surface area contributed by atoms with Crippen LogP contribution in [0.2, 0.25) is 0 Å². The van der Waals surface area contributed by atoms with E-state index in [0.717, 1.165) is 28.1 Å². The molecular formula is C12H13N3S. The van der Waals surface area contributed by atoms with Crippen LogP contribution in [-0.4, -0.2) is 16.2 Å². The van der Waals surface area contributed by atoms with Gasteiger partial charge in [-0.15, -0.1) is 0 Å². The van der Waals surface area contributed by atoms with E-state index in [2.05, 4.69) is 10.4 Å². The average Bonchev–Trinajstić information content (AvgIpc) is 3.12. The van der Waals surface area contributed by atoms with Gasteiger partial charge in [-0.3, -0.25) is 0 Å². The molecule has 0 aromatic carbocycles. The third-order valence-corrected chi connectivity index (χ3v) is 3.21. The van der Waals surface area contributed by atoms with Crippen LogP contribution in [-0.2, 0) is 0 Å². The summed E-state index contributed by atoms with van der Waals surface area (Å²) in [7, 11) is 0. The molecule has 3 nitrogen and oxygen atoms in total. The highest BCUT2D eigenvalue weighted by Gasteiger charge is 2.20. The molecule has 4 heteroatoms. The first kappa shape index (κ1) is 9.78. The van der Waals surface area contributed by atoms with Crippen molar-refractivity contribution >= 4 is 23.3 Å². The molecule has 82 valence electrons. The lowest BCUT2D eigenvalue weighted by molar-refractivity contribution is 0.767. The molecule has 1 saturated carbocycles. The number of rotatable bonds is 3. The zero-order valence-electron chi connectivity index (χ0n) is 8.89. The van der Waals surface area contributed by atoms with Crippen molar-refractivity contribution in [2.45, 2.75) is 12.8 Å². The third-order valence-electron chi connectivity index (χ3n) is 2.89. The third kappa shape index (κ3) is 1.80. The van der Waals surface area contributed by atoms with Crippen LogP contribution in [0, 0.1) is 10.6 Å². The van der Waals surface area contributed by atoms with Crippen LogP contribution in [0.5, 0.6) is 0 Å². The van der Waals surface area contributed by atoms with Gasteiger partial charge in [-0.05, 0) is 43.0 Å². The fourth-order valence-corrected chi connectivity index (χ4v) is 1.98. The Hall–Kier alpha value is -1.42. The summed E-state index contributed by atoms with van der Waals surface area (Å²) in [6.07, 6.45) is 4.46. The van der Waals surface area contributed by atoms with Gasteiger partial charge in [0.1, 0.15) is 4.64 Å². The molecule has 1 aliphatic carbocycles. The van der Waals surface area contributed by atoms with Gasteiger partial charge in [0.2, 0.25) is 0 Å². The van der Waals surface area contributed by atoms with Gasteiger partial charge in [-0.2, -0.15) is 0 Å². The highest BCUT2D eigenvalue weighted by Crippen LogP contribution is 2.28. The number of nitrogens with zero attached hydrogens (tertiary/aromatic N) is 2. The van der Waals surface area contributed by atoms with E-state index >= 15 is 0 Å². The molecule has 1 fully saturated rings. The number of nitrogens with one attached hydrogen (secondary N) is 1. The summed E-state index contributed by atoms with van der Waals surface area (Å²) < 4.78 is 2.70. The van der Waals surface area contributed by atoms with Gasteiger partial charge in [-0.1, -0.05) is 12.2 Å².